The zero-order chi connectivity index (χ0) is 8.97. The Labute approximate surface area is 71.4 Å². The van der Waals surface area contributed by atoms with Crippen LogP contribution in [0.3, 0.4) is 0 Å². The van der Waals surface area contributed by atoms with Crippen molar-refractivity contribution in [2.24, 2.45) is 0 Å². The van der Waals surface area contributed by atoms with Gasteiger partial charge in [0.25, 0.3) is 0 Å². The van der Waals surface area contributed by atoms with Crippen LogP contribution in [0.4, 0.5) is 0 Å². The smallest absolute Gasteiger partial charge is 0.166 e. The largest absolute Gasteiger partial charge is 0.396 e. The number of carbonyl (C=O) groups is 1. The van der Waals surface area contributed by atoms with E-state index in [2.05, 4.69) is 4.98 Å². The lowest BCUT2D eigenvalue weighted by molar-refractivity contribution is 0.111. The van der Waals surface area contributed by atoms with Gasteiger partial charge >= 0.3 is 0 Å². The minimum atomic E-state index is 0.195. The Morgan fingerprint density at radius 3 is 2.92 bits per heavy atom. The van der Waals surface area contributed by atoms with Crippen molar-refractivity contribution in [3.63, 3.8) is 0 Å². The number of aliphatic hydroxyl groups excluding tert-OH is 1. The predicted octanol–water partition coefficient (Wildman–Crippen LogP) is 1.06. The predicted molar refractivity (Wildman–Crippen MR) is 46.3 cm³/mol. The van der Waals surface area contributed by atoms with Crippen molar-refractivity contribution in [2.75, 3.05) is 6.61 Å². The average molecular weight is 167 g/mol. The number of hydrogen-bond acceptors (Lipinski definition) is 2. The fourth-order valence-electron chi connectivity index (χ4n) is 1.21. The fourth-order valence-corrected chi connectivity index (χ4v) is 1.21. The van der Waals surface area contributed by atoms with Gasteiger partial charge in [0.15, 0.2) is 6.29 Å². The Hall–Kier alpha value is -1.09. The number of rotatable bonds is 4. The van der Waals surface area contributed by atoms with Crippen LogP contribution in [0.25, 0.3) is 0 Å². The Kier molecular flexibility index (Phi) is 3.05. The van der Waals surface area contributed by atoms with Crippen LogP contribution < -0.4 is 0 Å². The summed E-state index contributed by atoms with van der Waals surface area (Å²) >= 11 is 0. The van der Waals surface area contributed by atoms with Gasteiger partial charge in [0.2, 0.25) is 0 Å². The second-order valence-corrected chi connectivity index (χ2v) is 2.80. The van der Waals surface area contributed by atoms with Gasteiger partial charge in [-0.1, -0.05) is 0 Å². The number of hydrogen-bond donors (Lipinski definition) is 2. The molecule has 0 atom stereocenters. The van der Waals surface area contributed by atoms with Crippen molar-refractivity contribution in [1.29, 1.82) is 0 Å². The highest BCUT2D eigenvalue weighted by molar-refractivity contribution is 5.75. The minimum absolute atomic E-state index is 0.195. The number of aromatic amines is 1. The third-order valence-electron chi connectivity index (χ3n) is 2.01. The Balaban J connectivity index is 2.72. The van der Waals surface area contributed by atoms with Gasteiger partial charge in [0.1, 0.15) is 0 Å². The molecule has 0 unspecified atom stereocenters. The zero-order valence-corrected chi connectivity index (χ0v) is 7.13. The monoisotopic (exact) mass is 167 g/mol. The summed E-state index contributed by atoms with van der Waals surface area (Å²) in [5, 5.41) is 8.60. The van der Waals surface area contributed by atoms with Gasteiger partial charge in [-0.2, -0.15) is 0 Å². The van der Waals surface area contributed by atoms with Crippen molar-refractivity contribution in [3.8, 4) is 0 Å². The third-order valence-corrected chi connectivity index (χ3v) is 2.01. The van der Waals surface area contributed by atoms with Crippen LogP contribution in [0, 0.1) is 6.92 Å². The summed E-state index contributed by atoms with van der Waals surface area (Å²) in [5.74, 6) is 0. The molecule has 12 heavy (non-hydrogen) atoms. The number of aldehydes is 1. The van der Waals surface area contributed by atoms with E-state index in [1.54, 1.807) is 0 Å². The lowest BCUT2D eigenvalue weighted by Gasteiger charge is -1.96. The van der Waals surface area contributed by atoms with Crippen LogP contribution in [-0.4, -0.2) is 23.0 Å². The first kappa shape index (κ1) is 9.00. The van der Waals surface area contributed by atoms with Crippen LogP contribution in [0.1, 0.15) is 28.0 Å². The van der Waals surface area contributed by atoms with Gasteiger partial charge in [0.05, 0.1) is 5.69 Å². The second-order valence-electron chi connectivity index (χ2n) is 2.80. The molecule has 1 aromatic heterocycles. The molecule has 0 aromatic carbocycles. The molecular weight excluding hydrogens is 154 g/mol. The first-order valence-corrected chi connectivity index (χ1v) is 4.02. The zero-order valence-electron chi connectivity index (χ0n) is 7.13. The highest BCUT2D eigenvalue weighted by atomic mass is 16.2. The molecule has 0 fully saturated rings. The first-order valence-electron chi connectivity index (χ1n) is 4.02. The Bertz CT molecular complexity index is 265. The third kappa shape index (κ3) is 1.74. The summed E-state index contributed by atoms with van der Waals surface area (Å²) in [6.45, 7) is 2.11. The standard InChI is InChI=1S/C9H13NO2/c1-7-8(3-2-4-11)5-10-9(7)6-12/h5-6,10-11H,2-4H2,1H3. The molecular formula is C9H13NO2. The highest BCUT2D eigenvalue weighted by Gasteiger charge is 2.04. The van der Waals surface area contributed by atoms with E-state index in [9.17, 15) is 4.79 Å². The molecule has 66 valence electrons. The van der Waals surface area contributed by atoms with Crippen molar-refractivity contribution < 1.29 is 9.90 Å². The number of aromatic nitrogens is 1. The summed E-state index contributed by atoms with van der Waals surface area (Å²) in [6.07, 6.45) is 4.22. The van der Waals surface area contributed by atoms with Crippen molar-refractivity contribution in [2.45, 2.75) is 19.8 Å². The summed E-state index contributed by atoms with van der Waals surface area (Å²) in [6, 6.07) is 0. The number of aryl methyl sites for hydroxylation is 1. The van der Waals surface area contributed by atoms with Crippen molar-refractivity contribution in [1.82, 2.24) is 4.98 Å². The quantitative estimate of drug-likeness (QED) is 0.659. The van der Waals surface area contributed by atoms with Crippen molar-refractivity contribution >= 4 is 6.29 Å². The van der Waals surface area contributed by atoms with Gasteiger partial charge < -0.3 is 10.1 Å². The molecule has 0 amide bonds. The van der Waals surface area contributed by atoms with E-state index in [1.165, 1.54) is 0 Å². The molecule has 1 heterocycles. The van der Waals surface area contributed by atoms with Gasteiger partial charge in [0, 0.05) is 12.8 Å². The number of aliphatic hydroxyl groups is 1. The maximum Gasteiger partial charge on any atom is 0.166 e. The van der Waals surface area contributed by atoms with E-state index in [1.807, 2.05) is 13.1 Å². The fraction of sp³-hybridized carbons (Fsp3) is 0.444. The van der Waals surface area contributed by atoms with E-state index in [0.717, 1.165) is 30.3 Å². The van der Waals surface area contributed by atoms with E-state index in [-0.39, 0.29) is 6.61 Å². The van der Waals surface area contributed by atoms with Crippen LogP contribution >= 0.6 is 0 Å². The van der Waals surface area contributed by atoms with Gasteiger partial charge in [-0.25, -0.2) is 0 Å². The molecule has 0 aliphatic heterocycles. The lowest BCUT2D eigenvalue weighted by Crippen LogP contribution is -1.90. The molecule has 0 bridgehead atoms. The summed E-state index contributed by atoms with van der Waals surface area (Å²) in [7, 11) is 0. The molecule has 3 nitrogen and oxygen atoms in total. The average Bonchev–Trinajstić information content (AvgIpc) is 2.43. The van der Waals surface area contributed by atoms with Gasteiger partial charge in [-0.15, -0.1) is 0 Å². The first-order chi connectivity index (χ1) is 5.79. The normalized spacial score (nSPS) is 10.2. The molecule has 0 radical (unpaired) electrons. The maximum absolute atomic E-state index is 10.4. The number of H-pyrrole nitrogens is 1. The SMILES string of the molecule is Cc1c(CCCO)c[nH]c1C=O. The number of carbonyl (C=O) groups excluding carboxylic acids is 1. The maximum atomic E-state index is 10.4. The molecule has 0 spiro atoms. The number of nitrogens with one attached hydrogen (secondary N) is 1. The molecule has 1 aromatic rings. The second kappa shape index (κ2) is 4.07. The summed E-state index contributed by atoms with van der Waals surface area (Å²) < 4.78 is 0. The minimum Gasteiger partial charge on any atom is -0.396 e. The lowest BCUT2D eigenvalue weighted by atomic mass is 10.1. The molecule has 3 heteroatoms. The van der Waals surface area contributed by atoms with Crippen LogP contribution in [0.5, 0.6) is 0 Å². The molecule has 2 N–H and O–H groups in total. The van der Waals surface area contributed by atoms with Crippen LogP contribution in [0.2, 0.25) is 0 Å². The van der Waals surface area contributed by atoms with E-state index >= 15 is 0 Å². The summed E-state index contributed by atoms with van der Waals surface area (Å²) in [5.41, 5.74) is 2.76. The molecule has 0 saturated carbocycles. The van der Waals surface area contributed by atoms with Crippen LogP contribution in [-0.2, 0) is 6.42 Å². The molecule has 0 aliphatic rings. The van der Waals surface area contributed by atoms with Crippen LogP contribution in [0.15, 0.2) is 6.20 Å². The molecule has 1 rings (SSSR count). The van der Waals surface area contributed by atoms with E-state index < -0.39 is 0 Å². The molecule has 0 saturated heterocycles. The Morgan fingerprint density at radius 2 is 2.42 bits per heavy atom. The van der Waals surface area contributed by atoms with E-state index in [4.69, 9.17) is 5.11 Å². The van der Waals surface area contributed by atoms with Gasteiger partial charge in [-0.05, 0) is 30.9 Å². The topological polar surface area (TPSA) is 53.1 Å². The summed E-state index contributed by atoms with van der Waals surface area (Å²) in [4.78, 5) is 13.3. The Morgan fingerprint density at radius 1 is 1.67 bits per heavy atom. The molecule has 0 aliphatic carbocycles. The van der Waals surface area contributed by atoms with Crippen molar-refractivity contribution in [3.05, 3.63) is 23.0 Å². The highest BCUT2D eigenvalue weighted by Crippen LogP contribution is 2.12. The van der Waals surface area contributed by atoms with Gasteiger partial charge in [-0.3, -0.25) is 4.79 Å². The van der Waals surface area contributed by atoms with E-state index in [0.29, 0.717) is 5.69 Å².